The SMILES string of the molecule is CCCCCCCCCCCCCCCCCC(=O)NC(CCCCCCCCC)C(=O)O. The van der Waals surface area contributed by atoms with Crippen molar-refractivity contribution < 1.29 is 14.7 Å². The molecular weight excluding hydrogens is 410 g/mol. The molecule has 1 atom stereocenters. The van der Waals surface area contributed by atoms with Gasteiger partial charge in [0, 0.05) is 6.42 Å². The van der Waals surface area contributed by atoms with Crippen LogP contribution in [0.5, 0.6) is 0 Å². The van der Waals surface area contributed by atoms with E-state index in [-0.39, 0.29) is 5.91 Å². The number of carboxylic acid groups (broad SMARTS) is 1. The highest BCUT2D eigenvalue weighted by atomic mass is 16.4. The number of aliphatic carboxylic acids is 1. The molecule has 0 aliphatic rings. The maximum absolute atomic E-state index is 12.1. The second-order valence-electron chi connectivity index (χ2n) is 10.1. The summed E-state index contributed by atoms with van der Waals surface area (Å²) < 4.78 is 0. The van der Waals surface area contributed by atoms with Gasteiger partial charge in [-0.1, -0.05) is 149 Å². The van der Waals surface area contributed by atoms with Crippen molar-refractivity contribution in [2.24, 2.45) is 0 Å². The highest BCUT2D eigenvalue weighted by molar-refractivity contribution is 5.83. The first kappa shape index (κ1) is 31.9. The lowest BCUT2D eigenvalue weighted by atomic mass is 10.0. The van der Waals surface area contributed by atoms with E-state index < -0.39 is 12.0 Å². The fourth-order valence-corrected chi connectivity index (χ4v) is 4.49. The summed E-state index contributed by atoms with van der Waals surface area (Å²) in [5, 5.41) is 12.1. The minimum absolute atomic E-state index is 0.0972. The topological polar surface area (TPSA) is 66.4 Å². The van der Waals surface area contributed by atoms with Crippen LogP contribution in [-0.4, -0.2) is 23.0 Å². The van der Waals surface area contributed by atoms with Crippen molar-refractivity contribution in [2.75, 3.05) is 0 Å². The lowest BCUT2D eigenvalue weighted by Gasteiger charge is -2.14. The van der Waals surface area contributed by atoms with Crippen LogP contribution in [0.4, 0.5) is 0 Å². The van der Waals surface area contributed by atoms with Crippen LogP contribution >= 0.6 is 0 Å². The van der Waals surface area contributed by atoms with Crippen molar-refractivity contribution in [1.29, 1.82) is 0 Å². The highest BCUT2D eigenvalue weighted by Crippen LogP contribution is 2.14. The van der Waals surface area contributed by atoms with Gasteiger partial charge in [0.1, 0.15) is 6.04 Å². The quantitative estimate of drug-likeness (QED) is 0.125. The predicted octanol–water partition coefficient (Wildman–Crippen LogP) is 8.96. The summed E-state index contributed by atoms with van der Waals surface area (Å²) in [6.45, 7) is 4.48. The number of unbranched alkanes of at least 4 members (excludes halogenated alkanes) is 20. The van der Waals surface area contributed by atoms with Crippen molar-refractivity contribution in [1.82, 2.24) is 5.32 Å². The van der Waals surface area contributed by atoms with Gasteiger partial charge in [-0.25, -0.2) is 4.79 Å². The van der Waals surface area contributed by atoms with Gasteiger partial charge in [-0.15, -0.1) is 0 Å². The second-order valence-corrected chi connectivity index (χ2v) is 10.1. The molecule has 0 fully saturated rings. The van der Waals surface area contributed by atoms with Gasteiger partial charge in [-0.3, -0.25) is 4.79 Å². The van der Waals surface area contributed by atoms with Crippen LogP contribution < -0.4 is 5.32 Å². The molecule has 196 valence electrons. The molecular formula is C29H57NO3. The van der Waals surface area contributed by atoms with E-state index in [9.17, 15) is 14.7 Å². The average Bonchev–Trinajstić information content (AvgIpc) is 2.80. The average molecular weight is 468 g/mol. The summed E-state index contributed by atoms with van der Waals surface area (Å²) in [5.41, 5.74) is 0. The standard InChI is InChI=1S/C29H57NO3/c1-3-5-7-9-11-12-13-14-15-16-17-18-20-22-24-26-28(31)30-27(29(32)33)25-23-21-19-10-8-6-4-2/h27H,3-26H2,1-2H3,(H,30,31)(H,32,33). The molecule has 0 aliphatic heterocycles. The largest absolute Gasteiger partial charge is 0.480 e. The van der Waals surface area contributed by atoms with Crippen LogP contribution in [0.2, 0.25) is 0 Å². The van der Waals surface area contributed by atoms with Gasteiger partial charge in [0.05, 0.1) is 0 Å². The fraction of sp³-hybridized carbons (Fsp3) is 0.931. The van der Waals surface area contributed by atoms with Crippen LogP contribution in [0.3, 0.4) is 0 Å². The summed E-state index contributed by atoms with van der Waals surface area (Å²) in [6, 6.07) is -0.718. The number of carboxylic acids is 1. The van der Waals surface area contributed by atoms with Gasteiger partial charge in [0.25, 0.3) is 0 Å². The predicted molar refractivity (Wildman–Crippen MR) is 142 cm³/mol. The monoisotopic (exact) mass is 467 g/mol. The van der Waals surface area contributed by atoms with E-state index >= 15 is 0 Å². The van der Waals surface area contributed by atoms with Crippen molar-refractivity contribution in [2.45, 2.75) is 174 Å². The van der Waals surface area contributed by atoms with E-state index in [1.54, 1.807) is 0 Å². The Morgan fingerprint density at radius 2 is 0.879 bits per heavy atom. The molecule has 2 N–H and O–H groups in total. The minimum atomic E-state index is -0.897. The van der Waals surface area contributed by atoms with Crippen molar-refractivity contribution in [3.05, 3.63) is 0 Å². The Bertz CT molecular complexity index is 439. The zero-order chi connectivity index (χ0) is 24.4. The van der Waals surface area contributed by atoms with E-state index in [1.165, 1.54) is 116 Å². The van der Waals surface area contributed by atoms with Crippen molar-refractivity contribution in [3.8, 4) is 0 Å². The molecule has 0 aliphatic carbocycles. The first-order chi connectivity index (χ1) is 16.1. The van der Waals surface area contributed by atoms with Crippen molar-refractivity contribution in [3.63, 3.8) is 0 Å². The molecule has 0 spiro atoms. The van der Waals surface area contributed by atoms with E-state index in [0.29, 0.717) is 12.8 Å². The Morgan fingerprint density at radius 1 is 0.545 bits per heavy atom. The Labute approximate surface area is 206 Å². The van der Waals surface area contributed by atoms with Crippen LogP contribution in [0.1, 0.15) is 168 Å². The number of rotatable bonds is 26. The number of carbonyl (C=O) groups excluding carboxylic acids is 1. The second kappa shape index (κ2) is 25.6. The Morgan fingerprint density at radius 3 is 1.24 bits per heavy atom. The zero-order valence-corrected chi connectivity index (χ0v) is 22.3. The van der Waals surface area contributed by atoms with Gasteiger partial charge >= 0.3 is 5.97 Å². The van der Waals surface area contributed by atoms with Crippen LogP contribution in [0.25, 0.3) is 0 Å². The zero-order valence-electron chi connectivity index (χ0n) is 22.3. The first-order valence-corrected chi connectivity index (χ1v) is 14.6. The van der Waals surface area contributed by atoms with Gasteiger partial charge in [0.15, 0.2) is 0 Å². The van der Waals surface area contributed by atoms with Gasteiger partial charge in [-0.05, 0) is 12.8 Å². The number of hydrogen-bond donors (Lipinski definition) is 2. The lowest BCUT2D eigenvalue weighted by Crippen LogP contribution is -2.40. The van der Waals surface area contributed by atoms with Crippen LogP contribution in [0, 0.1) is 0 Å². The number of nitrogens with one attached hydrogen (secondary N) is 1. The summed E-state index contributed by atoms with van der Waals surface area (Å²) in [7, 11) is 0. The number of hydrogen-bond acceptors (Lipinski definition) is 2. The van der Waals surface area contributed by atoms with E-state index in [1.807, 2.05) is 0 Å². The maximum Gasteiger partial charge on any atom is 0.326 e. The first-order valence-electron chi connectivity index (χ1n) is 14.6. The Kier molecular flexibility index (Phi) is 24.7. The number of carbonyl (C=O) groups is 2. The number of amides is 1. The normalized spacial score (nSPS) is 12.1. The molecule has 0 saturated heterocycles. The molecule has 1 amide bonds. The van der Waals surface area contributed by atoms with E-state index in [4.69, 9.17) is 0 Å². The molecule has 1 unspecified atom stereocenters. The molecule has 0 radical (unpaired) electrons. The van der Waals surface area contributed by atoms with Gasteiger partial charge in [-0.2, -0.15) is 0 Å². The van der Waals surface area contributed by atoms with E-state index in [0.717, 1.165) is 25.7 Å². The summed E-state index contributed by atoms with van der Waals surface area (Å²) in [5.74, 6) is -0.995. The fourth-order valence-electron chi connectivity index (χ4n) is 4.49. The Balaban J connectivity index is 3.51. The molecule has 0 aromatic rings. The van der Waals surface area contributed by atoms with E-state index in [2.05, 4.69) is 19.2 Å². The third kappa shape index (κ3) is 23.9. The molecule has 4 nitrogen and oxygen atoms in total. The van der Waals surface area contributed by atoms with Gasteiger partial charge < -0.3 is 10.4 Å². The molecule has 0 bridgehead atoms. The van der Waals surface area contributed by atoms with Crippen molar-refractivity contribution >= 4 is 11.9 Å². The molecule has 33 heavy (non-hydrogen) atoms. The lowest BCUT2D eigenvalue weighted by molar-refractivity contribution is -0.142. The molecule has 0 aromatic heterocycles. The molecule has 0 rings (SSSR count). The summed E-state index contributed by atoms with van der Waals surface area (Å²) >= 11 is 0. The highest BCUT2D eigenvalue weighted by Gasteiger charge is 2.18. The Hall–Kier alpha value is -1.06. The smallest absolute Gasteiger partial charge is 0.326 e. The van der Waals surface area contributed by atoms with Crippen LogP contribution in [-0.2, 0) is 9.59 Å². The third-order valence-corrected chi connectivity index (χ3v) is 6.74. The van der Waals surface area contributed by atoms with Crippen LogP contribution in [0.15, 0.2) is 0 Å². The molecule has 0 aromatic carbocycles. The molecule has 0 heterocycles. The van der Waals surface area contributed by atoms with Gasteiger partial charge in [0.2, 0.25) is 5.91 Å². The molecule has 4 heteroatoms. The molecule has 0 saturated carbocycles. The maximum atomic E-state index is 12.1. The minimum Gasteiger partial charge on any atom is -0.480 e. The summed E-state index contributed by atoms with van der Waals surface area (Å²) in [4.78, 5) is 23.6. The third-order valence-electron chi connectivity index (χ3n) is 6.74. The summed E-state index contributed by atoms with van der Waals surface area (Å²) in [6.07, 6.45) is 28.7.